The molecule has 3 aromatic rings. The zero-order valence-corrected chi connectivity index (χ0v) is 14.8. The van der Waals surface area contributed by atoms with Crippen LogP contribution in [0.5, 0.6) is 0 Å². The number of aromatic nitrogens is 2. The van der Waals surface area contributed by atoms with Crippen LogP contribution in [0.25, 0.3) is 0 Å². The summed E-state index contributed by atoms with van der Waals surface area (Å²) in [6.07, 6.45) is 2.74. The van der Waals surface area contributed by atoms with Crippen molar-refractivity contribution in [3.8, 4) is 0 Å². The van der Waals surface area contributed by atoms with Crippen molar-refractivity contribution in [2.45, 2.75) is 37.3 Å². The summed E-state index contributed by atoms with van der Waals surface area (Å²) in [5.74, 6) is -0.287. The summed E-state index contributed by atoms with van der Waals surface area (Å²) in [6, 6.07) is 16.9. The number of benzene rings is 2. The first-order valence-electron chi connectivity index (χ1n) is 9.40. The fourth-order valence-corrected chi connectivity index (χ4v) is 4.62. The largest absolute Gasteiger partial charge is 0.302 e. The molecule has 4 nitrogen and oxygen atoms in total. The van der Waals surface area contributed by atoms with Crippen molar-refractivity contribution in [2.24, 2.45) is 0 Å². The Morgan fingerprint density at radius 3 is 2.56 bits per heavy atom. The molecule has 1 aliphatic heterocycles. The Balaban J connectivity index is 1.73. The van der Waals surface area contributed by atoms with Gasteiger partial charge in [-0.05, 0) is 42.5 Å². The standard InChI is InChI=1S/C22H20FN3O/c23-15-11-9-14(10-12-15)20-18(13-5-2-1-3-6-13)21-19-16(22(27)26-25-21)7-4-8-17(19)24-20/h1-3,5-6,9-12,17-18,20,24H,4,7-8H2,(H,26,27)/t17?,18-,20-/m0/s1. The average molecular weight is 361 g/mol. The van der Waals surface area contributed by atoms with Gasteiger partial charge in [0.2, 0.25) is 0 Å². The van der Waals surface area contributed by atoms with E-state index in [1.165, 1.54) is 12.1 Å². The third-order valence-corrected chi connectivity index (χ3v) is 5.82. The highest BCUT2D eigenvalue weighted by Crippen LogP contribution is 2.46. The second-order valence-electron chi connectivity index (χ2n) is 7.36. The lowest BCUT2D eigenvalue weighted by Gasteiger charge is -2.41. The van der Waals surface area contributed by atoms with E-state index in [1.807, 2.05) is 30.3 Å². The van der Waals surface area contributed by atoms with Crippen LogP contribution in [0.3, 0.4) is 0 Å². The predicted octanol–water partition coefficient (Wildman–Crippen LogP) is 3.76. The second kappa shape index (κ2) is 6.43. The molecule has 0 spiro atoms. The first-order valence-corrected chi connectivity index (χ1v) is 9.40. The molecule has 5 rings (SSSR count). The van der Waals surface area contributed by atoms with Gasteiger partial charge in [-0.25, -0.2) is 9.49 Å². The van der Waals surface area contributed by atoms with E-state index in [-0.39, 0.29) is 29.4 Å². The molecule has 1 aliphatic carbocycles. The minimum Gasteiger partial charge on any atom is -0.302 e. The molecule has 0 fully saturated rings. The van der Waals surface area contributed by atoms with Crippen LogP contribution in [0.1, 0.15) is 58.8 Å². The second-order valence-corrected chi connectivity index (χ2v) is 7.36. The van der Waals surface area contributed by atoms with Crippen LogP contribution in [-0.2, 0) is 6.42 Å². The molecule has 3 atom stereocenters. The minimum absolute atomic E-state index is 0.0325. The molecular formula is C22H20FN3O. The third-order valence-electron chi connectivity index (χ3n) is 5.82. The third kappa shape index (κ3) is 2.70. The van der Waals surface area contributed by atoms with E-state index >= 15 is 0 Å². The van der Waals surface area contributed by atoms with Gasteiger partial charge in [-0.15, -0.1) is 0 Å². The minimum atomic E-state index is -0.242. The van der Waals surface area contributed by atoms with Crippen LogP contribution in [0, 0.1) is 5.82 Å². The van der Waals surface area contributed by atoms with Gasteiger partial charge in [-0.1, -0.05) is 42.5 Å². The summed E-state index contributed by atoms with van der Waals surface area (Å²) in [6.45, 7) is 0. The number of nitrogens with one attached hydrogen (secondary N) is 2. The Labute approximate surface area is 156 Å². The van der Waals surface area contributed by atoms with Gasteiger partial charge in [0, 0.05) is 29.1 Å². The van der Waals surface area contributed by atoms with Gasteiger partial charge >= 0.3 is 0 Å². The molecule has 2 aromatic carbocycles. The molecular weight excluding hydrogens is 341 g/mol. The molecule has 1 unspecified atom stereocenters. The quantitative estimate of drug-likeness (QED) is 0.731. The molecule has 2 heterocycles. The Morgan fingerprint density at radius 1 is 1.00 bits per heavy atom. The van der Waals surface area contributed by atoms with Crippen LogP contribution in [0.15, 0.2) is 59.4 Å². The van der Waals surface area contributed by atoms with Crippen molar-refractivity contribution in [3.05, 3.63) is 98.7 Å². The van der Waals surface area contributed by atoms with Crippen LogP contribution in [-0.4, -0.2) is 10.2 Å². The van der Waals surface area contributed by atoms with Crippen molar-refractivity contribution in [1.82, 2.24) is 15.5 Å². The lowest BCUT2D eigenvalue weighted by molar-refractivity contribution is 0.336. The topological polar surface area (TPSA) is 57.8 Å². The maximum Gasteiger partial charge on any atom is 0.267 e. The summed E-state index contributed by atoms with van der Waals surface area (Å²) in [5, 5.41) is 11.0. The number of H-pyrrole nitrogens is 1. The van der Waals surface area contributed by atoms with E-state index in [1.54, 1.807) is 0 Å². The van der Waals surface area contributed by atoms with E-state index in [2.05, 4.69) is 27.6 Å². The number of aromatic amines is 1. The van der Waals surface area contributed by atoms with E-state index < -0.39 is 0 Å². The van der Waals surface area contributed by atoms with Crippen LogP contribution < -0.4 is 10.9 Å². The Bertz CT molecular complexity index is 1030. The average Bonchev–Trinajstić information content (AvgIpc) is 2.71. The highest BCUT2D eigenvalue weighted by molar-refractivity contribution is 5.45. The summed E-state index contributed by atoms with van der Waals surface area (Å²) in [5.41, 5.74) is 4.95. The van der Waals surface area contributed by atoms with Crippen molar-refractivity contribution >= 4 is 0 Å². The molecule has 5 heteroatoms. The van der Waals surface area contributed by atoms with E-state index in [4.69, 9.17) is 0 Å². The highest BCUT2D eigenvalue weighted by Gasteiger charge is 2.40. The molecule has 2 N–H and O–H groups in total. The zero-order valence-electron chi connectivity index (χ0n) is 14.8. The number of rotatable bonds is 2. The molecule has 0 amide bonds. The summed E-state index contributed by atoms with van der Waals surface area (Å²) < 4.78 is 13.5. The number of hydrogen-bond acceptors (Lipinski definition) is 3. The normalized spacial score (nSPS) is 23.7. The molecule has 136 valence electrons. The van der Waals surface area contributed by atoms with Gasteiger partial charge in [0.15, 0.2) is 0 Å². The van der Waals surface area contributed by atoms with Gasteiger partial charge in [0.25, 0.3) is 5.56 Å². The predicted molar refractivity (Wildman–Crippen MR) is 101 cm³/mol. The van der Waals surface area contributed by atoms with E-state index in [0.29, 0.717) is 0 Å². The Morgan fingerprint density at radius 2 is 1.78 bits per heavy atom. The number of halogens is 1. The summed E-state index contributed by atoms with van der Waals surface area (Å²) >= 11 is 0. The first-order chi connectivity index (χ1) is 13.2. The maximum absolute atomic E-state index is 13.5. The van der Waals surface area contributed by atoms with Gasteiger partial charge in [0.05, 0.1) is 5.69 Å². The number of nitrogens with zero attached hydrogens (tertiary/aromatic N) is 1. The van der Waals surface area contributed by atoms with E-state index in [0.717, 1.165) is 47.2 Å². The van der Waals surface area contributed by atoms with Gasteiger partial charge in [-0.2, -0.15) is 5.10 Å². The van der Waals surface area contributed by atoms with Gasteiger partial charge in [-0.3, -0.25) is 4.79 Å². The first kappa shape index (κ1) is 16.4. The molecule has 27 heavy (non-hydrogen) atoms. The molecule has 0 bridgehead atoms. The Kier molecular flexibility index (Phi) is 3.90. The van der Waals surface area contributed by atoms with Crippen LogP contribution in [0.4, 0.5) is 4.39 Å². The van der Waals surface area contributed by atoms with Crippen molar-refractivity contribution in [1.29, 1.82) is 0 Å². The van der Waals surface area contributed by atoms with Crippen molar-refractivity contribution in [3.63, 3.8) is 0 Å². The number of hydrogen-bond donors (Lipinski definition) is 2. The Hall–Kier alpha value is -2.79. The molecule has 1 aromatic heterocycles. The van der Waals surface area contributed by atoms with Crippen LogP contribution in [0.2, 0.25) is 0 Å². The molecule has 0 saturated heterocycles. The summed E-state index contributed by atoms with van der Waals surface area (Å²) in [7, 11) is 0. The molecule has 0 radical (unpaired) electrons. The highest BCUT2D eigenvalue weighted by atomic mass is 19.1. The van der Waals surface area contributed by atoms with Crippen LogP contribution >= 0.6 is 0 Å². The SMILES string of the molecule is O=c1[nH]nc2c3c1CCCC3N[C@@H](c1ccc(F)cc1)[C@@H]2c1ccccc1. The smallest absolute Gasteiger partial charge is 0.267 e. The van der Waals surface area contributed by atoms with Gasteiger partial charge < -0.3 is 5.32 Å². The summed E-state index contributed by atoms with van der Waals surface area (Å²) in [4.78, 5) is 12.3. The van der Waals surface area contributed by atoms with E-state index in [9.17, 15) is 9.18 Å². The van der Waals surface area contributed by atoms with Crippen molar-refractivity contribution in [2.75, 3.05) is 0 Å². The van der Waals surface area contributed by atoms with Gasteiger partial charge in [0.1, 0.15) is 5.82 Å². The van der Waals surface area contributed by atoms with Crippen molar-refractivity contribution < 1.29 is 4.39 Å². The fourth-order valence-electron chi connectivity index (χ4n) is 4.62. The maximum atomic E-state index is 13.5. The molecule has 0 saturated carbocycles. The molecule has 2 aliphatic rings. The monoisotopic (exact) mass is 361 g/mol. The zero-order chi connectivity index (χ0) is 18.4. The lowest BCUT2D eigenvalue weighted by Crippen LogP contribution is -2.42. The lowest BCUT2D eigenvalue weighted by atomic mass is 9.74. The fraction of sp³-hybridized carbons (Fsp3) is 0.273.